The highest BCUT2D eigenvalue weighted by atomic mass is 16.4. The van der Waals surface area contributed by atoms with Crippen LogP contribution >= 0.6 is 0 Å². The fourth-order valence-corrected chi connectivity index (χ4v) is 3.24. The van der Waals surface area contributed by atoms with Crippen LogP contribution in [-0.2, 0) is 11.2 Å². The molecule has 2 N–H and O–H groups in total. The molecule has 2 heterocycles. The number of phenols is 2. The van der Waals surface area contributed by atoms with E-state index in [0.29, 0.717) is 29.6 Å². The Labute approximate surface area is 145 Å². The third kappa shape index (κ3) is 3.46. The molecule has 0 atom stereocenters. The Kier molecular flexibility index (Phi) is 4.67. The number of aromatic hydroxyl groups is 2. The van der Waals surface area contributed by atoms with Crippen LogP contribution in [-0.4, -0.2) is 59.1 Å². The van der Waals surface area contributed by atoms with Crippen molar-refractivity contribution in [1.82, 2.24) is 9.80 Å². The van der Waals surface area contributed by atoms with Crippen molar-refractivity contribution in [1.29, 1.82) is 0 Å². The Morgan fingerprint density at radius 2 is 1.88 bits per heavy atom. The van der Waals surface area contributed by atoms with Crippen molar-refractivity contribution in [2.75, 3.05) is 33.2 Å². The minimum Gasteiger partial charge on any atom is -0.508 e. The SMILES string of the molecule is Cc1c(CCC(=O)N2CCN(C)CC2)c(=O)oc2cc(O)cc(O)c12. The number of benzene rings is 1. The third-order valence-electron chi connectivity index (χ3n) is 4.79. The molecule has 1 saturated heterocycles. The van der Waals surface area contributed by atoms with Gasteiger partial charge in [0.15, 0.2) is 0 Å². The second-order valence-electron chi connectivity index (χ2n) is 6.52. The summed E-state index contributed by atoms with van der Waals surface area (Å²) in [4.78, 5) is 28.6. The Hall–Kier alpha value is -2.54. The first kappa shape index (κ1) is 17.3. The van der Waals surface area contributed by atoms with Gasteiger partial charge in [0.1, 0.15) is 17.1 Å². The minimum atomic E-state index is -0.541. The molecule has 25 heavy (non-hydrogen) atoms. The smallest absolute Gasteiger partial charge is 0.339 e. The monoisotopic (exact) mass is 346 g/mol. The molecule has 7 nitrogen and oxygen atoms in total. The van der Waals surface area contributed by atoms with Crippen LogP contribution in [0.5, 0.6) is 11.5 Å². The molecular weight excluding hydrogens is 324 g/mol. The van der Waals surface area contributed by atoms with Crippen molar-refractivity contribution < 1.29 is 19.4 Å². The molecular formula is C18H22N2O5. The summed E-state index contributed by atoms with van der Waals surface area (Å²) in [6, 6.07) is 2.50. The number of amides is 1. The van der Waals surface area contributed by atoms with Crippen LogP contribution < -0.4 is 5.63 Å². The molecule has 1 aromatic heterocycles. The molecule has 1 aliphatic heterocycles. The van der Waals surface area contributed by atoms with Gasteiger partial charge in [-0.3, -0.25) is 4.79 Å². The molecule has 0 aliphatic carbocycles. The van der Waals surface area contributed by atoms with Crippen molar-refractivity contribution in [2.45, 2.75) is 19.8 Å². The van der Waals surface area contributed by atoms with E-state index in [1.54, 1.807) is 6.92 Å². The zero-order chi connectivity index (χ0) is 18.1. The maximum atomic E-state index is 12.4. The maximum Gasteiger partial charge on any atom is 0.339 e. The lowest BCUT2D eigenvalue weighted by Crippen LogP contribution is -2.47. The quantitative estimate of drug-likeness (QED) is 0.812. The van der Waals surface area contributed by atoms with E-state index in [-0.39, 0.29) is 35.8 Å². The maximum absolute atomic E-state index is 12.4. The lowest BCUT2D eigenvalue weighted by Gasteiger charge is -2.32. The predicted octanol–water partition coefficient (Wildman–Crippen LogP) is 1.22. The van der Waals surface area contributed by atoms with E-state index in [9.17, 15) is 19.8 Å². The van der Waals surface area contributed by atoms with Gasteiger partial charge in [-0.15, -0.1) is 0 Å². The summed E-state index contributed by atoms with van der Waals surface area (Å²) in [6.07, 6.45) is 0.481. The molecule has 3 rings (SSSR count). The van der Waals surface area contributed by atoms with Crippen LogP contribution in [0.2, 0.25) is 0 Å². The van der Waals surface area contributed by atoms with Gasteiger partial charge in [-0.1, -0.05) is 0 Å². The minimum absolute atomic E-state index is 0.0157. The lowest BCUT2D eigenvalue weighted by molar-refractivity contribution is -0.132. The van der Waals surface area contributed by atoms with Crippen molar-refractivity contribution in [3.05, 3.63) is 33.7 Å². The van der Waals surface area contributed by atoms with E-state index in [4.69, 9.17) is 4.42 Å². The summed E-state index contributed by atoms with van der Waals surface area (Å²) in [6.45, 7) is 4.80. The molecule has 0 bridgehead atoms. The topological polar surface area (TPSA) is 94.2 Å². The van der Waals surface area contributed by atoms with Gasteiger partial charge in [0.2, 0.25) is 5.91 Å². The van der Waals surface area contributed by atoms with Gasteiger partial charge < -0.3 is 24.4 Å². The summed E-state index contributed by atoms with van der Waals surface area (Å²) < 4.78 is 5.22. The highest BCUT2D eigenvalue weighted by Gasteiger charge is 2.21. The second-order valence-corrected chi connectivity index (χ2v) is 6.52. The van der Waals surface area contributed by atoms with Crippen molar-refractivity contribution >= 4 is 16.9 Å². The lowest BCUT2D eigenvalue weighted by atomic mass is 10.0. The number of carbonyl (C=O) groups excluding carboxylic acids is 1. The average Bonchev–Trinajstić information content (AvgIpc) is 2.54. The summed E-state index contributed by atoms with van der Waals surface area (Å²) in [5.41, 5.74) is 0.557. The van der Waals surface area contributed by atoms with Gasteiger partial charge in [-0.25, -0.2) is 4.79 Å². The normalized spacial score (nSPS) is 15.7. The predicted molar refractivity (Wildman–Crippen MR) is 92.9 cm³/mol. The fraction of sp³-hybridized carbons (Fsp3) is 0.444. The highest BCUT2D eigenvalue weighted by molar-refractivity contribution is 5.88. The number of phenolic OH excluding ortho intramolecular Hbond substituents is 2. The molecule has 0 spiro atoms. The Morgan fingerprint density at radius 1 is 1.20 bits per heavy atom. The first-order valence-electron chi connectivity index (χ1n) is 8.31. The van der Waals surface area contributed by atoms with E-state index < -0.39 is 5.63 Å². The first-order chi connectivity index (χ1) is 11.9. The fourth-order valence-electron chi connectivity index (χ4n) is 3.24. The summed E-state index contributed by atoms with van der Waals surface area (Å²) in [7, 11) is 2.02. The average molecular weight is 346 g/mol. The van der Waals surface area contributed by atoms with Crippen molar-refractivity contribution in [3.8, 4) is 11.5 Å². The van der Waals surface area contributed by atoms with E-state index in [0.717, 1.165) is 13.1 Å². The molecule has 0 radical (unpaired) electrons. The number of likely N-dealkylation sites (N-methyl/N-ethyl adjacent to an activating group) is 1. The number of carbonyl (C=O) groups is 1. The number of fused-ring (bicyclic) bond motifs is 1. The van der Waals surface area contributed by atoms with Crippen LogP contribution in [0.3, 0.4) is 0 Å². The van der Waals surface area contributed by atoms with Gasteiger partial charge in [-0.05, 0) is 26.0 Å². The largest absolute Gasteiger partial charge is 0.508 e. The highest BCUT2D eigenvalue weighted by Crippen LogP contribution is 2.32. The zero-order valence-electron chi connectivity index (χ0n) is 14.4. The van der Waals surface area contributed by atoms with Crippen LogP contribution in [0.15, 0.2) is 21.3 Å². The Morgan fingerprint density at radius 3 is 2.56 bits per heavy atom. The van der Waals surface area contributed by atoms with E-state index in [1.165, 1.54) is 12.1 Å². The van der Waals surface area contributed by atoms with Crippen LogP contribution in [0, 0.1) is 6.92 Å². The first-order valence-corrected chi connectivity index (χ1v) is 8.31. The van der Waals surface area contributed by atoms with Crippen molar-refractivity contribution in [3.63, 3.8) is 0 Å². The second kappa shape index (κ2) is 6.76. The third-order valence-corrected chi connectivity index (χ3v) is 4.79. The Bertz CT molecular complexity index is 866. The molecule has 2 aromatic rings. The molecule has 7 heteroatoms. The van der Waals surface area contributed by atoms with E-state index in [1.807, 2.05) is 11.9 Å². The summed E-state index contributed by atoms with van der Waals surface area (Å²) >= 11 is 0. The van der Waals surface area contributed by atoms with Gasteiger partial charge in [-0.2, -0.15) is 0 Å². The standard InChI is InChI=1S/C18H22N2O5/c1-11-13(3-4-16(23)20-7-5-19(2)6-8-20)18(24)25-15-10-12(21)9-14(22)17(11)15/h9-10,21-22H,3-8H2,1-2H3. The van der Waals surface area contributed by atoms with Crippen molar-refractivity contribution in [2.24, 2.45) is 0 Å². The van der Waals surface area contributed by atoms with E-state index >= 15 is 0 Å². The molecule has 134 valence electrons. The number of hydrogen-bond acceptors (Lipinski definition) is 6. The van der Waals surface area contributed by atoms with Crippen LogP contribution in [0.1, 0.15) is 17.5 Å². The molecule has 0 unspecified atom stereocenters. The molecule has 0 saturated carbocycles. The van der Waals surface area contributed by atoms with Gasteiger partial charge in [0.05, 0.1) is 5.39 Å². The number of nitrogens with zero attached hydrogens (tertiary/aromatic N) is 2. The van der Waals surface area contributed by atoms with Gasteiger partial charge in [0.25, 0.3) is 0 Å². The van der Waals surface area contributed by atoms with Gasteiger partial charge in [0, 0.05) is 50.3 Å². The number of aryl methyl sites for hydroxylation is 1. The summed E-state index contributed by atoms with van der Waals surface area (Å²) in [5, 5.41) is 20.0. The number of piperazine rings is 1. The molecule has 1 aromatic carbocycles. The zero-order valence-corrected chi connectivity index (χ0v) is 14.4. The number of hydrogen-bond donors (Lipinski definition) is 2. The molecule has 1 aliphatic rings. The van der Waals surface area contributed by atoms with Crippen LogP contribution in [0.25, 0.3) is 11.0 Å². The van der Waals surface area contributed by atoms with E-state index in [2.05, 4.69) is 4.90 Å². The summed E-state index contributed by atoms with van der Waals surface area (Å²) in [5.74, 6) is -0.310. The number of rotatable bonds is 3. The molecule has 1 fully saturated rings. The van der Waals surface area contributed by atoms with Gasteiger partial charge >= 0.3 is 5.63 Å². The Balaban J connectivity index is 1.82. The van der Waals surface area contributed by atoms with Crippen LogP contribution in [0.4, 0.5) is 0 Å². The molecule has 1 amide bonds.